The number of aryl methyl sites for hydroxylation is 1. The minimum atomic E-state index is -0.713. The molecule has 1 aromatic carbocycles. The summed E-state index contributed by atoms with van der Waals surface area (Å²) >= 11 is 0. The minimum Gasteiger partial charge on any atom is -0.452 e. The summed E-state index contributed by atoms with van der Waals surface area (Å²) in [5.74, 6) is -1.40. The number of hydrogen-bond donors (Lipinski definition) is 2. The van der Waals surface area contributed by atoms with Gasteiger partial charge in [0, 0.05) is 24.4 Å². The summed E-state index contributed by atoms with van der Waals surface area (Å²) in [6.07, 6.45) is 2.82. The van der Waals surface area contributed by atoms with Gasteiger partial charge in [0.25, 0.3) is 5.91 Å². The van der Waals surface area contributed by atoms with Gasteiger partial charge in [-0.15, -0.1) is 0 Å². The average molecular weight is 356 g/mol. The zero-order valence-electron chi connectivity index (χ0n) is 14.8. The van der Waals surface area contributed by atoms with Gasteiger partial charge in [0.05, 0.1) is 11.4 Å². The van der Waals surface area contributed by atoms with E-state index in [9.17, 15) is 14.4 Å². The van der Waals surface area contributed by atoms with Gasteiger partial charge in [-0.3, -0.25) is 10.1 Å². The Hall–Kier alpha value is -3.42. The van der Waals surface area contributed by atoms with E-state index in [1.807, 2.05) is 49.5 Å². The third-order valence-corrected chi connectivity index (χ3v) is 3.56. The first-order chi connectivity index (χ1) is 12.4. The van der Waals surface area contributed by atoms with Crippen LogP contribution in [-0.2, 0) is 14.3 Å². The number of urea groups is 1. The SMILES string of the molecule is CNC(=O)NC(=O)COC(=O)/C=C/c1c(C)nn(-c2ccccc2)c1C. The fourth-order valence-corrected chi connectivity index (χ4v) is 2.28. The Balaban J connectivity index is 2.02. The van der Waals surface area contributed by atoms with Crippen LogP contribution in [0.25, 0.3) is 11.8 Å². The highest BCUT2D eigenvalue weighted by molar-refractivity contribution is 5.96. The van der Waals surface area contributed by atoms with Crippen molar-refractivity contribution >= 4 is 24.0 Å². The molecule has 1 heterocycles. The number of hydrogen-bond acceptors (Lipinski definition) is 5. The summed E-state index contributed by atoms with van der Waals surface area (Å²) in [4.78, 5) is 34.1. The molecule has 2 N–H and O–H groups in total. The van der Waals surface area contributed by atoms with E-state index in [2.05, 4.69) is 10.4 Å². The van der Waals surface area contributed by atoms with E-state index in [1.54, 1.807) is 10.8 Å². The van der Waals surface area contributed by atoms with Crippen molar-refractivity contribution in [1.29, 1.82) is 0 Å². The lowest BCUT2D eigenvalue weighted by atomic mass is 10.2. The normalized spacial score (nSPS) is 10.6. The van der Waals surface area contributed by atoms with Crippen LogP contribution in [0.1, 0.15) is 17.0 Å². The molecule has 0 aliphatic carbocycles. The molecule has 8 nitrogen and oxygen atoms in total. The maximum atomic E-state index is 11.8. The van der Waals surface area contributed by atoms with Gasteiger partial charge in [-0.25, -0.2) is 14.3 Å². The Labute approximate surface area is 150 Å². The second-order valence-electron chi connectivity index (χ2n) is 5.40. The van der Waals surface area contributed by atoms with Gasteiger partial charge in [0.2, 0.25) is 0 Å². The van der Waals surface area contributed by atoms with E-state index in [0.29, 0.717) is 0 Å². The van der Waals surface area contributed by atoms with Gasteiger partial charge in [-0.05, 0) is 32.1 Å². The lowest BCUT2D eigenvalue weighted by molar-refractivity contribution is -0.143. The fourth-order valence-electron chi connectivity index (χ4n) is 2.28. The summed E-state index contributed by atoms with van der Waals surface area (Å²) in [5, 5.41) is 8.70. The highest BCUT2D eigenvalue weighted by Gasteiger charge is 2.12. The quantitative estimate of drug-likeness (QED) is 0.624. The monoisotopic (exact) mass is 356 g/mol. The molecule has 2 rings (SSSR count). The van der Waals surface area contributed by atoms with Crippen LogP contribution in [-0.4, -0.2) is 41.3 Å². The molecule has 8 heteroatoms. The van der Waals surface area contributed by atoms with Gasteiger partial charge in [0.15, 0.2) is 6.61 Å². The maximum absolute atomic E-state index is 11.8. The number of para-hydroxylation sites is 1. The molecule has 0 unspecified atom stereocenters. The van der Waals surface area contributed by atoms with E-state index in [0.717, 1.165) is 22.6 Å². The first kappa shape index (κ1) is 18.9. The molecule has 26 heavy (non-hydrogen) atoms. The predicted octanol–water partition coefficient (Wildman–Crippen LogP) is 1.50. The third-order valence-electron chi connectivity index (χ3n) is 3.56. The summed E-state index contributed by atoms with van der Waals surface area (Å²) in [5.41, 5.74) is 3.34. The summed E-state index contributed by atoms with van der Waals surface area (Å²) in [7, 11) is 1.37. The highest BCUT2D eigenvalue weighted by Crippen LogP contribution is 2.19. The van der Waals surface area contributed by atoms with Crippen molar-refractivity contribution in [2.75, 3.05) is 13.7 Å². The van der Waals surface area contributed by atoms with Crippen LogP contribution in [0.15, 0.2) is 36.4 Å². The number of benzene rings is 1. The molecule has 0 aliphatic rings. The van der Waals surface area contributed by atoms with E-state index in [4.69, 9.17) is 4.74 Å². The number of amides is 3. The van der Waals surface area contributed by atoms with Crippen molar-refractivity contribution < 1.29 is 19.1 Å². The average Bonchev–Trinajstić information content (AvgIpc) is 2.92. The van der Waals surface area contributed by atoms with Crippen molar-refractivity contribution in [3.05, 3.63) is 53.4 Å². The first-order valence-corrected chi connectivity index (χ1v) is 7.90. The zero-order chi connectivity index (χ0) is 19.1. The predicted molar refractivity (Wildman–Crippen MR) is 95.6 cm³/mol. The number of nitrogens with one attached hydrogen (secondary N) is 2. The molecular weight excluding hydrogens is 336 g/mol. The molecule has 1 aromatic heterocycles. The Bertz CT molecular complexity index is 840. The van der Waals surface area contributed by atoms with Crippen LogP contribution in [0.3, 0.4) is 0 Å². The van der Waals surface area contributed by atoms with Crippen molar-refractivity contribution in [2.24, 2.45) is 0 Å². The third kappa shape index (κ3) is 4.79. The number of rotatable bonds is 5. The van der Waals surface area contributed by atoms with E-state index < -0.39 is 24.5 Å². The lowest BCUT2D eigenvalue weighted by Gasteiger charge is -2.04. The number of ether oxygens (including phenoxy) is 1. The molecule has 0 saturated carbocycles. The van der Waals surface area contributed by atoms with Crippen LogP contribution in [0, 0.1) is 13.8 Å². The molecular formula is C18H20N4O4. The van der Waals surface area contributed by atoms with E-state index in [1.165, 1.54) is 13.1 Å². The number of imide groups is 1. The standard InChI is InChI=1S/C18H20N4O4/c1-12-15(13(2)22(21-12)14-7-5-4-6-8-14)9-10-17(24)26-11-16(23)20-18(25)19-3/h4-10H,11H2,1-3H3,(H2,19,20,23,25)/b10-9+. The number of carbonyl (C=O) groups excluding carboxylic acids is 3. The van der Waals surface area contributed by atoms with Crippen molar-refractivity contribution in [3.8, 4) is 5.69 Å². The smallest absolute Gasteiger partial charge is 0.331 e. The Kier molecular flexibility index (Phi) is 6.26. The zero-order valence-corrected chi connectivity index (χ0v) is 14.8. The van der Waals surface area contributed by atoms with Gasteiger partial charge in [-0.1, -0.05) is 18.2 Å². The maximum Gasteiger partial charge on any atom is 0.331 e. The summed E-state index contributed by atoms with van der Waals surface area (Å²) in [6.45, 7) is 3.20. The molecule has 136 valence electrons. The minimum absolute atomic E-state index is 0.544. The van der Waals surface area contributed by atoms with Crippen molar-refractivity contribution in [1.82, 2.24) is 20.4 Å². The number of nitrogens with zero attached hydrogens (tertiary/aromatic N) is 2. The van der Waals surface area contributed by atoms with Crippen LogP contribution in [0.2, 0.25) is 0 Å². The number of aromatic nitrogens is 2. The second kappa shape index (κ2) is 8.61. The highest BCUT2D eigenvalue weighted by atomic mass is 16.5. The topological polar surface area (TPSA) is 102 Å². The van der Waals surface area contributed by atoms with E-state index in [-0.39, 0.29) is 0 Å². The van der Waals surface area contributed by atoms with Crippen LogP contribution in [0.5, 0.6) is 0 Å². The Morgan fingerprint density at radius 1 is 1.19 bits per heavy atom. The van der Waals surface area contributed by atoms with Crippen molar-refractivity contribution in [3.63, 3.8) is 0 Å². The summed E-state index contributed by atoms with van der Waals surface area (Å²) < 4.78 is 6.59. The Morgan fingerprint density at radius 3 is 2.54 bits per heavy atom. The first-order valence-electron chi connectivity index (χ1n) is 7.90. The molecule has 0 saturated heterocycles. The number of carbonyl (C=O) groups is 3. The van der Waals surface area contributed by atoms with Crippen molar-refractivity contribution in [2.45, 2.75) is 13.8 Å². The van der Waals surface area contributed by atoms with E-state index >= 15 is 0 Å². The van der Waals surface area contributed by atoms with Crippen LogP contribution >= 0.6 is 0 Å². The molecule has 0 fully saturated rings. The largest absolute Gasteiger partial charge is 0.452 e. The molecule has 0 atom stereocenters. The van der Waals surface area contributed by atoms with Gasteiger partial charge in [-0.2, -0.15) is 5.10 Å². The lowest BCUT2D eigenvalue weighted by Crippen LogP contribution is -2.39. The van der Waals surface area contributed by atoms with Crippen LogP contribution in [0.4, 0.5) is 4.79 Å². The second-order valence-corrected chi connectivity index (χ2v) is 5.40. The molecule has 0 spiro atoms. The van der Waals surface area contributed by atoms with Gasteiger partial charge >= 0.3 is 12.0 Å². The molecule has 2 aromatic rings. The van der Waals surface area contributed by atoms with Gasteiger partial charge in [0.1, 0.15) is 0 Å². The Morgan fingerprint density at radius 2 is 1.88 bits per heavy atom. The molecule has 0 bridgehead atoms. The summed E-state index contributed by atoms with van der Waals surface area (Å²) in [6, 6.07) is 8.97. The molecule has 0 radical (unpaired) electrons. The molecule has 3 amide bonds. The molecule has 0 aliphatic heterocycles. The fraction of sp³-hybridized carbons (Fsp3) is 0.222. The van der Waals surface area contributed by atoms with Gasteiger partial charge < -0.3 is 10.1 Å². The van der Waals surface area contributed by atoms with Crippen LogP contribution < -0.4 is 10.6 Å². The number of esters is 1.